The van der Waals surface area contributed by atoms with Gasteiger partial charge in [-0.3, -0.25) is 24.6 Å². The third-order valence-corrected chi connectivity index (χ3v) is 7.46. The van der Waals surface area contributed by atoms with Gasteiger partial charge in [-0.25, -0.2) is 0 Å². The van der Waals surface area contributed by atoms with Crippen molar-refractivity contribution in [2.75, 3.05) is 6.61 Å². The monoisotopic (exact) mass is 574 g/mol. The van der Waals surface area contributed by atoms with Crippen LogP contribution in [0.1, 0.15) is 23.6 Å². The van der Waals surface area contributed by atoms with Crippen LogP contribution in [0.25, 0.3) is 16.8 Å². The van der Waals surface area contributed by atoms with E-state index in [2.05, 4.69) is 0 Å². The Bertz CT molecular complexity index is 1670. The van der Waals surface area contributed by atoms with Crippen LogP contribution in [0.3, 0.4) is 0 Å². The number of para-hydroxylation sites is 1. The molecule has 0 radical (unpaired) electrons. The first-order valence-electron chi connectivity index (χ1n) is 12.4. The molecule has 40 heavy (non-hydrogen) atoms. The molecular formula is C30H23ClN2O6S. The van der Waals surface area contributed by atoms with Crippen LogP contribution in [0.5, 0.6) is 11.5 Å². The van der Waals surface area contributed by atoms with Gasteiger partial charge >= 0.3 is 0 Å². The fourth-order valence-electron chi connectivity index (χ4n) is 4.42. The van der Waals surface area contributed by atoms with Crippen LogP contribution in [0.4, 0.5) is 10.5 Å². The first kappa shape index (κ1) is 27.2. The fraction of sp³-hybridized carbons (Fsp3) is 0.133. The number of carbonyl (C=O) groups excluding carboxylic acids is 2. The molecule has 0 aliphatic carbocycles. The molecule has 4 aromatic rings. The Morgan fingerprint density at radius 1 is 0.975 bits per heavy atom. The summed E-state index contributed by atoms with van der Waals surface area (Å²) in [5.41, 5.74) is 1.65. The summed E-state index contributed by atoms with van der Waals surface area (Å²) in [6.07, 6.45) is 1.55. The first-order valence-corrected chi connectivity index (χ1v) is 13.6. The second-order valence-corrected chi connectivity index (χ2v) is 10.2. The topological polar surface area (TPSA) is 99.0 Å². The summed E-state index contributed by atoms with van der Waals surface area (Å²) >= 11 is 7.38. The number of hydrogen-bond donors (Lipinski definition) is 0. The minimum atomic E-state index is -0.543. The summed E-state index contributed by atoms with van der Waals surface area (Å²) in [5.74, 6) is 0.234. The Labute approximate surface area is 239 Å². The van der Waals surface area contributed by atoms with Crippen molar-refractivity contribution < 1.29 is 24.0 Å². The highest BCUT2D eigenvalue weighted by atomic mass is 35.5. The quantitative estimate of drug-likeness (QED) is 0.115. The second-order valence-electron chi connectivity index (χ2n) is 8.84. The van der Waals surface area contributed by atoms with E-state index in [-0.39, 0.29) is 34.3 Å². The Kier molecular flexibility index (Phi) is 8.04. The number of imide groups is 1. The molecule has 1 fully saturated rings. The summed E-state index contributed by atoms with van der Waals surface area (Å²) in [5, 5.41) is 13.3. The van der Waals surface area contributed by atoms with E-state index in [1.54, 1.807) is 24.3 Å². The number of halogens is 1. The number of nitrogens with zero attached hydrogens (tertiary/aromatic N) is 2. The number of rotatable bonds is 9. The lowest BCUT2D eigenvalue weighted by molar-refractivity contribution is -0.385. The van der Waals surface area contributed by atoms with Gasteiger partial charge in [0.25, 0.3) is 16.8 Å². The number of nitro groups is 1. The van der Waals surface area contributed by atoms with Gasteiger partial charge in [0, 0.05) is 11.6 Å². The molecular weight excluding hydrogens is 552 g/mol. The minimum absolute atomic E-state index is 0.155. The number of hydrogen-bond acceptors (Lipinski definition) is 7. The minimum Gasteiger partial charge on any atom is -0.490 e. The van der Waals surface area contributed by atoms with E-state index in [0.717, 1.165) is 33.0 Å². The van der Waals surface area contributed by atoms with E-state index in [1.807, 2.05) is 49.4 Å². The number of thioether (sulfide) groups is 1. The van der Waals surface area contributed by atoms with Gasteiger partial charge in [-0.15, -0.1) is 0 Å². The average molecular weight is 575 g/mol. The summed E-state index contributed by atoms with van der Waals surface area (Å²) in [7, 11) is 0. The van der Waals surface area contributed by atoms with Crippen LogP contribution in [0, 0.1) is 10.1 Å². The first-order chi connectivity index (χ1) is 19.4. The maximum atomic E-state index is 13.1. The Morgan fingerprint density at radius 2 is 1.70 bits per heavy atom. The molecule has 4 aromatic carbocycles. The molecule has 2 amide bonds. The second kappa shape index (κ2) is 11.8. The van der Waals surface area contributed by atoms with E-state index < -0.39 is 16.1 Å². The molecule has 0 aromatic heterocycles. The van der Waals surface area contributed by atoms with Crippen molar-refractivity contribution in [1.29, 1.82) is 0 Å². The number of benzene rings is 4. The van der Waals surface area contributed by atoms with Gasteiger partial charge < -0.3 is 9.47 Å². The molecule has 1 aliphatic rings. The van der Waals surface area contributed by atoms with Crippen LogP contribution in [-0.2, 0) is 17.9 Å². The van der Waals surface area contributed by atoms with Crippen molar-refractivity contribution >= 4 is 57.0 Å². The van der Waals surface area contributed by atoms with Crippen molar-refractivity contribution in [1.82, 2.24) is 4.90 Å². The van der Waals surface area contributed by atoms with E-state index in [9.17, 15) is 19.7 Å². The molecule has 10 heteroatoms. The molecule has 5 rings (SSSR count). The van der Waals surface area contributed by atoms with Gasteiger partial charge in [0.1, 0.15) is 6.61 Å². The van der Waals surface area contributed by atoms with Crippen molar-refractivity contribution in [3.63, 3.8) is 0 Å². The molecule has 0 atom stereocenters. The zero-order valence-electron chi connectivity index (χ0n) is 21.3. The van der Waals surface area contributed by atoms with E-state index in [4.69, 9.17) is 21.1 Å². The summed E-state index contributed by atoms with van der Waals surface area (Å²) in [4.78, 5) is 37.7. The Hall–Kier alpha value is -4.34. The zero-order chi connectivity index (χ0) is 28.2. The number of nitro benzene ring substituents is 1. The third kappa shape index (κ3) is 5.66. The van der Waals surface area contributed by atoms with Crippen molar-refractivity contribution in [2.45, 2.75) is 20.1 Å². The third-order valence-electron chi connectivity index (χ3n) is 6.27. The zero-order valence-corrected chi connectivity index (χ0v) is 22.9. The van der Waals surface area contributed by atoms with Crippen molar-refractivity contribution in [3.05, 3.63) is 116 Å². The van der Waals surface area contributed by atoms with Crippen LogP contribution in [0.15, 0.2) is 83.8 Å². The maximum Gasteiger partial charge on any atom is 0.293 e. The van der Waals surface area contributed by atoms with E-state index in [1.165, 1.54) is 18.2 Å². The molecule has 0 bridgehead atoms. The normalized spacial score (nSPS) is 14.2. The maximum absolute atomic E-state index is 13.1. The van der Waals surface area contributed by atoms with Crippen LogP contribution in [0.2, 0.25) is 5.02 Å². The van der Waals surface area contributed by atoms with Gasteiger partial charge in [0.05, 0.1) is 28.0 Å². The van der Waals surface area contributed by atoms with E-state index >= 15 is 0 Å². The highest BCUT2D eigenvalue weighted by molar-refractivity contribution is 8.18. The highest BCUT2D eigenvalue weighted by Gasteiger charge is 2.36. The number of amides is 2. The average Bonchev–Trinajstić information content (AvgIpc) is 3.20. The lowest BCUT2D eigenvalue weighted by Crippen LogP contribution is -2.27. The summed E-state index contributed by atoms with van der Waals surface area (Å²) < 4.78 is 11.9. The van der Waals surface area contributed by atoms with Gasteiger partial charge in [-0.05, 0) is 58.8 Å². The van der Waals surface area contributed by atoms with Crippen LogP contribution in [-0.4, -0.2) is 27.6 Å². The molecule has 0 saturated carbocycles. The smallest absolute Gasteiger partial charge is 0.293 e. The van der Waals surface area contributed by atoms with Gasteiger partial charge in [0.15, 0.2) is 11.5 Å². The molecule has 0 N–H and O–H groups in total. The van der Waals surface area contributed by atoms with Crippen LogP contribution < -0.4 is 9.47 Å². The molecule has 1 heterocycles. The number of carbonyl (C=O) groups is 2. The number of ether oxygens (including phenoxy) is 2. The van der Waals surface area contributed by atoms with Gasteiger partial charge in [-0.2, -0.15) is 0 Å². The Morgan fingerprint density at radius 3 is 2.50 bits per heavy atom. The molecule has 0 spiro atoms. The lowest BCUT2D eigenvalue weighted by atomic mass is 10.1. The lowest BCUT2D eigenvalue weighted by Gasteiger charge is -2.15. The number of fused-ring (bicyclic) bond motifs is 1. The molecule has 0 unspecified atom stereocenters. The van der Waals surface area contributed by atoms with Crippen LogP contribution >= 0.6 is 23.4 Å². The predicted molar refractivity (Wildman–Crippen MR) is 156 cm³/mol. The van der Waals surface area contributed by atoms with Gasteiger partial charge in [-0.1, -0.05) is 72.3 Å². The standard InChI is InChI=1S/C30H23ClN2O6S/c1-2-38-26-15-19(14-24(31)28(26)39-18-22-11-7-10-20-8-3-5-12-23(20)22)16-27-29(34)32(30(35)40-27)17-21-9-4-6-13-25(21)33(36)37/h3-16H,2,17-18H2,1H3/b27-16-. The van der Waals surface area contributed by atoms with Gasteiger partial charge in [0.2, 0.25) is 0 Å². The SMILES string of the molecule is CCOc1cc(/C=C2\SC(=O)N(Cc3ccccc3[N+](=O)[O-])C2=O)cc(Cl)c1OCc1cccc2ccccc12. The molecule has 1 saturated heterocycles. The molecule has 1 aliphatic heterocycles. The summed E-state index contributed by atoms with van der Waals surface area (Å²) in [6.45, 7) is 2.26. The highest BCUT2D eigenvalue weighted by Crippen LogP contribution is 2.40. The van der Waals surface area contributed by atoms with Crippen molar-refractivity contribution in [3.8, 4) is 11.5 Å². The fourth-order valence-corrected chi connectivity index (χ4v) is 5.54. The summed E-state index contributed by atoms with van der Waals surface area (Å²) in [6, 6.07) is 23.4. The Balaban J connectivity index is 1.39. The molecule has 202 valence electrons. The van der Waals surface area contributed by atoms with Crippen molar-refractivity contribution in [2.24, 2.45) is 0 Å². The predicted octanol–water partition coefficient (Wildman–Crippen LogP) is 7.62. The van der Waals surface area contributed by atoms with E-state index in [0.29, 0.717) is 23.7 Å². The molecule has 8 nitrogen and oxygen atoms in total. The largest absolute Gasteiger partial charge is 0.490 e.